The van der Waals surface area contributed by atoms with Gasteiger partial charge in [-0.15, -0.1) is 0 Å². The van der Waals surface area contributed by atoms with Crippen LogP contribution in [0.5, 0.6) is 0 Å². The predicted molar refractivity (Wildman–Crippen MR) is 99.3 cm³/mol. The van der Waals surface area contributed by atoms with Crippen LogP contribution in [-0.4, -0.2) is 53.2 Å². The molecule has 0 aromatic heterocycles. The molecule has 2 saturated heterocycles. The SMILES string of the molecule is CCC1(N2CCC(C)(C)CC2)CCCN(C(=O)OC(C)(C)C)CC1. The maximum atomic E-state index is 12.4. The second kappa shape index (κ2) is 7.23. The molecule has 0 saturated carbocycles. The fourth-order valence-corrected chi connectivity index (χ4v) is 4.17. The van der Waals surface area contributed by atoms with Gasteiger partial charge < -0.3 is 9.64 Å². The van der Waals surface area contributed by atoms with Gasteiger partial charge in [0.05, 0.1) is 0 Å². The minimum atomic E-state index is -0.413. The van der Waals surface area contributed by atoms with E-state index in [-0.39, 0.29) is 11.6 Å². The zero-order valence-corrected chi connectivity index (χ0v) is 16.8. The molecule has 1 amide bonds. The molecule has 2 aliphatic heterocycles. The third-order valence-electron chi connectivity index (χ3n) is 6.01. The van der Waals surface area contributed by atoms with E-state index in [2.05, 4.69) is 25.7 Å². The van der Waals surface area contributed by atoms with Crippen molar-refractivity contribution in [1.82, 2.24) is 9.80 Å². The van der Waals surface area contributed by atoms with Crippen molar-refractivity contribution in [3.8, 4) is 0 Å². The molecule has 0 aromatic carbocycles. The summed E-state index contributed by atoms with van der Waals surface area (Å²) in [6, 6.07) is 0. The number of nitrogens with zero attached hydrogens (tertiary/aromatic N) is 2. The van der Waals surface area contributed by atoms with Crippen molar-refractivity contribution in [3.63, 3.8) is 0 Å². The van der Waals surface area contributed by atoms with Gasteiger partial charge in [0.1, 0.15) is 5.60 Å². The maximum absolute atomic E-state index is 12.4. The van der Waals surface area contributed by atoms with E-state index in [4.69, 9.17) is 4.74 Å². The van der Waals surface area contributed by atoms with Gasteiger partial charge in [0.15, 0.2) is 0 Å². The molecule has 2 fully saturated rings. The molecule has 0 aromatic rings. The minimum absolute atomic E-state index is 0.144. The number of hydrogen-bond donors (Lipinski definition) is 0. The van der Waals surface area contributed by atoms with E-state index in [1.54, 1.807) is 0 Å². The summed E-state index contributed by atoms with van der Waals surface area (Å²) in [6.07, 6.45) is 6.94. The second-order valence-corrected chi connectivity index (χ2v) is 9.55. The standard InChI is InChI=1S/C20H38N2O2/c1-7-20(22-15-10-19(5,6)11-16-22)9-8-13-21(14-12-20)17(23)24-18(2,3)4/h7-16H2,1-6H3. The van der Waals surface area contributed by atoms with Crippen molar-refractivity contribution in [1.29, 1.82) is 0 Å². The predicted octanol–water partition coefficient (Wildman–Crippen LogP) is 4.68. The molecular weight excluding hydrogens is 300 g/mol. The van der Waals surface area contributed by atoms with Gasteiger partial charge in [0.2, 0.25) is 0 Å². The van der Waals surface area contributed by atoms with Gasteiger partial charge >= 0.3 is 6.09 Å². The van der Waals surface area contributed by atoms with Gasteiger partial charge in [-0.3, -0.25) is 4.90 Å². The van der Waals surface area contributed by atoms with Gasteiger partial charge in [-0.05, 0) is 77.8 Å². The smallest absolute Gasteiger partial charge is 0.410 e. The molecule has 0 radical (unpaired) electrons. The van der Waals surface area contributed by atoms with Crippen LogP contribution in [0.4, 0.5) is 4.79 Å². The molecule has 4 nitrogen and oxygen atoms in total. The number of likely N-dealkylation sites (tertiary alicyclic amines) is 2. The Morgan fingerprint density at radius 1 is 1.00 bits per heavy atom. The molecule has 2 heterocycles. The summed E-state index contributed by atoms with van der Waals surface area (Å²) in [5.41, 5.74) is 0.343. The Bertz CT molecular complexity index is 431. The van der Waals surface area contributed by atoms with Crippen LogP contribution in [0.1, 0.15) is 80.1 Å². The van der Waals surface area contributed by atoms with Gasteiger partial charge in [-0.1, -0.05) is 20.8 Å². The number of ether oxygens (including phenoxy) is 1. The fourth-order valence-electron chi connectivity index (χ4n) is 4.17. The van der Waals surface area contributed by atoms with E-state index in [0.29, 0.717) is 5.41 Å². The van der Waals surface area contributed by atoms with Crippen molar-refractivity contribution >= 4 is 6.09 Å². The molecule has 0 aliphatic carbocycles. The van der Waals surface area contributed by atoms with Crippen LogP contribution >= 0.6 is 0 Å². The van der Waals surface area contributed by atoms with Crippen molar-refractivity contribution in [2.75, 3.05) is 26.2 Å². The summed E-state index contributed by atoms with van der Waals surface area (Å²) in [5, 5.41) is 0. The van der Waals surface area contributed by atoms with Crippen LogP contribution in [0.25, 0.3) is 0 Å². The quantitative estimate of drug-likeness (QED) is 0.733. The van der Waals surface area contributed by atoms with E-state index in [0.717, 1.165) is 25.9 Å². The Morgan fingerprint density at radius 3 is 2.17 bits per heavy atom. The van der Waals surface area contributed by atoms with E-state index >= 15 is 0 Å². The van der Waals surface area contributed by atoms with Gasteiger partial charge in [-0.25, -0.2) is 4.79 Å². The summed E-state index contributed by atoms with van der Waals surface area (Å²) in [5.74, 6) is 0. The van der Waals surface area contributed by atoms with E-state index in [9.17, 15) is 4.79 Å². The van der Waals surface area contributed by atoms with Crippen molar-refractivity contribution < 1.29 is 9.53 Å². The van der Waals surface area contributed by atoms with E-state index in [1.807, 2.05) is 25.7 Å². The number of amides is 1. The molecule has 1 atom stereocenters. The fraction of sp³-hybridized carbons (Fsp3) is 0.950. The second-order valence-electron chi connectivity index (χ2n) is 9.55. The first-order valence-corrected chi connectivity index (χ1v) is 9.80. The number of piperidine rings is 1. The minimum Gasteiger partial charge on any atom is -0.444 e. The highest BCUT2D eigenvalue weighted by Crippen LogP contribution is 2.38. The topological polar surface area (TPSA) is 32.8 Å². The Hall–Kier alpha value is -0.770. The third-order valence-corrected chi connectivity index (χ3v) is 6.01. The van der Waals surface area contributed by atoms with Gasteiger partial charge in [0, 0.05) is 18.6 Å². The summed E-state index contributed by atoms with van der Waals surface area (Å²) >= 11 is 0. The normalized spacial score (nSPS) is 29.2. The number of rotatable bonds is 2. The van der Waals surface area contributed by atoms with Crippen molar-refractivity contribution in [2.24, 2.45) is 5.41 Å². The lowest BCUT2D eigenvalue weighted by atomic mass is 9.78. The first-order chi connectivity index (χ1) is 11.1. The summed E-state index contributed by atoms with van der Waals surface area (Å²) in [7, 11) is 0. The van der Waals surface area contributed by atoms with Crippen molar-refractivity contribution in [3.05, 3.63) is 0 Å². The Balaban J connectivity index is 2.00. The lowest BCUT2D eigenvalue weighted by Gasteiger charge is -2.48. The number of carbonyl (C=O) groups is 1. The Labute approximate surface area is 148 Å². The first-order valence-electron chi connectivity index (χ1n) is 9.80. The maximum Gasteiger partial charge on any atom is 0.410 e. The van der Waals surface area contributed by atoms with Crippen molar-refractivity contribution in [2.45, 2.75) is 91.2 Å². The molecular formula is C20H38N2O2. The molecule has 2 aliphatic rings. The monoisotopic (exact) mass is 338 g/mol. The molecule has 0 spiro atoms. The molecule has 4 heteroatoms. The number of carbonyl (C=O) groups excluding carboxylic acids is 1. The Kier molecular flexibility index (Phi) is 5.89. The average molecular weight is 339 g/mol. The third kappa shape index (κ3) is 4.87. The van der Waals surface area contributed by atoms with Crippen LogP contribution in [0.2, 0.25) is 0 Å². The average Bonchev–Trinajstić information content (AvgIpc) is 2.69. The highest BCUT2D eigenvalue weighted by Gasteiger charge is 2.40. The van der Waals surface area contributed by atoms with Crippen LogP contribution in [0, 0.1) is 5.41 Å². The van der Waals surface area contributed by atoms with E-state index in [1.165, 1.54) is 38.8 Å². The van der Waals surface area contributed by atoms with Crippen LogP contribution in [0.3, 0.4) is 0 Å². The van der Waals surface area contributed by atoms with Gasteiger partial charge in [0.25, 0.3) is 0 Å². The van der Waals surface area contributed by atoms with Crippen LogP contribution in [-0.2, 0) is 4.74 Å². The van der Waals surface area contributed by atoms with Crippen LogP contribution < -0.4 is 0 Å². The molecule has 0 bridgehead atoms. The lowest BCUT2D eigenvalue weighted by molar-refractivity contribution is 0.0106. The largest absolute Gasteiger partial charge is 0.444 e. The molecule has 0 N–H and O–H groups in total. The van der Waals surface area contributed by atoms with Gasteiger partial charge in [-0.2, -0.15) is 0 Å². The zero-order valence-electron chi connectivity index (χ0n) is 16.8. The first kappa shape index (κ1) is 19.6. The highest BCUT2D eigenvalue weighted by atomic mass is 16.6. The highest BCUT2D eigenvalue weighted by molar-refractivity contribution is 5.68. The molecule has 24 heavy (non-hydrogen) atoms. The molecule has 140 valence electrons. The molecule has 1 unspecified atom stereocenters. The summed E-state index contributed by atoms with van der Waals surface area (Å²) in [4.78, 5) is 17.1. The Morgan fingerprint density at radius 2 is 1.62 bits per heavy atom. The number of hydrogen-bond acceptors (Lipinski definition) is 3. The van der Waals surface area contributed by atoms with E-state index < -0.39 is 5.60 Å². The molecule has 2 rings (SSSR count). The summed E-state index contributed by atoms with van der Waals surface area (Å²) in [6.45, 7) is 17.0. The zero-order chi connectivity index (χ0) is 18.0. The lowest BCUT2D eigenvalue weighted by Crippen LogP contribution is -2.53. The summed E-state index contributed by atoms with van der Waals surface area (Å²) < 4.78 is 5.58. The van der Waals surface area contributed by atoms with Crippen LogP contribution in [0.15, 0.2) is 0 Å².